The van der Waals surface area contributed by atoms with Crippen LogP contribution >= 0.6 is 23.4 Å². The SMILES string of the molecule is COc1ncc(Cl)c(Sc2ccccc2N)n1. The highest BCUT2D eigenvalue weighted by molar-refractivity contribution is 7.99. The number of halogens is 1. The van der Waals surface area contributed by atoms with Crippen LogP contribution in [0.4, 0.5) is 5.69 Å². The fourth-order valence-corrected chi connectivity index (χ4v) is 2.21. The van der Waals surface area contributed by atoms with Crippen LogP contribution in [0.2, 0.25) is 5.02 Å². The fraction of sp³-hybridized carbons (Fsp3) is 0.0909. The topological polar surface area (TPSA) is 61.0 Å². The molecule has 0 bridgehead atoms. The van der Waals surface area contributed by atoms with Crippen molar-refractivity contribution in [3.63, 3.8) is 0 Å². The first kappa shape index (κ1) is 12.0. The molecule has 0 aliphatic heterocycles. The second-order valence-electron chi connectivity index (χ2n) is 3.15. The summed E-state index contributed by atoms with van der Waals surface area (Å²) in [4.78, 5) is 8.98. The summed E-state index contributed by atoms with van der Waals surface area (Å²) in [5.41, 5.74) is 6.54. The van der Waals surface area contributed by atoms with E-state index in [9.17, 15) is 0 Å². The normalized spacial score (nSPS) is 10.2. The fourth-order valence-electron chi connectivity index (χ4n) is 1.18. The Hall–Kier alpha value is -1.46. The van der Waals surface area contributed by atoms with E-state index in [1.54, 1.807) is 0 Å². The number of anilines is 1. The molecule has 2 N–H and O–H groups in total. The van der Waals surface area contributed by atoms with Gasteiger partial charge in [-0.25, -0.2) is 4.98 Å². The molecule has 0 radical (unpaired) electrons. The first-order valence-electron chi connectivity index (χ1n) is 4.79. The third kappa shape index (κ3) is 2.81. The van der Waals surface area contributed by atoms with Crippen LogP contribution in [-0.2, 0) is 0 Å². The molecule has 0 aliphatic rings. The Bertz CT molecular complexity index is 536. The van der Waals surface area contributed by atoms with Crippen molar-refractivity contribution in [2.45, 2.75) is 9.92 Å². The molecule has 0 atom stereocenters. The van der Waals surface area contributed by atoms with Crippen LogP contribution in [0, 0.1) is 0 Å². The molecule has 2 aromatic rings. The lowest BCUT2D eigenvalue weighted by Gasteiger charge is -2.06. The zero-order chi connectivity index (χ0) is 12.3. The molecule has 0 unspecified atom stereocenters. The van der Waals surface area contributed by atoms with Crippen molar-refractivity contribution in [1.29, 1.82) is 0 Å². The quantitative estimate of drug-likeness (QED) is 0.684. The maximum absolute atomic E-state index is 6.01. The second kappa shape index (κ2) is 5.25. The van der Waals surface area contributed by atoms with Crippen molar-refractivity contribution in [2.75, 3.05) is 12.8 Å². The summed E-state index contributed by atoms with van der Waals surface area (Å²) in [7, 11) is 1.51. The summed E-state index contributed by atoms with van der Waals surface area (Å²) >= 11 is 7.40. The summed E-state index contributed by atoms with van der Waals surface area (Å²) in [5.74, 6) is 0. The molecule has 0 aliphatic carbocycles. The monoisotopic (exact) mass is 267 g/mol. The zero-order valence-electron chi connectivity index (χ0n) is 9.05. The van der Waals surface area contributed by atoms with Gasteiger partial charge in [-0.1, -0.05) is 35.5 Å². The molecule has 17 heavy (non-hydrogen) atoms. The maximum Gasteiger partial charge on any atom is 0.317 e. The van der Waals surface area contributed by atoms with Crippen LogP contribution in [-0.4, -0.2) is 17.1 Å². The van der Waals surface area contributed by atoms with Crippen molar-refractivity contribution in [2.24, 2.45) is 0 Å². The Morgan fingerprint density at radius 3 is 2.82 bits per heavy atom. The summed E-state index contributed by atoms with van der Waals surface area (Å²) in [5, 5.41) is 1.09. The molecule has 0 fully saturated rings. The van der Waals surface area contributed by atoms with Gasteiger partial charge in [0.15, 0.2) is 0 Å². The lowest BCUT2D eigenvalue weighted by molar-refractivity contribution is 0.376. The highest BCUT2D eigenvalue weighted by atomic mass is 35.5. The number of aromatic nitrogens is 2. The third-order valence-electron chi connectivity index (χ3n) is 2.00. The summed E-state index contributed by atoms with van der Waals surface area (Å²) < 4.78 is 4.95. The molecule has 1 aromatic carbocycles. The number of para-hydroxylation sites is 1. The van der Waals surface area contributed by atoms with Crippen LogP contribution in [0.3, 0.4) is 0 Å². The minimum atomic E-state index is 0.284. The summed E-state index contributed by atoms with van der Waals surface area (Å²) in [6.07, 6.45) is 1.51. The molecule has 88 valence electrons. The predicted octanol–water partition coefficient (Wildman–Crippen LogP) is 2.87. The molecule has 0 amide bonds. The van der Waals surface area contributed by atoms with Crippen molar-refractivity contribution in [3.05, 3.63) is 35.5 Å². The minimum Gasteiger partial charge on any atom is -0.467 e. The van der Waals surface area contributed by atoms with E-state index in [0.717, 1.165) is 4.90 Å². The van der Waals surface area contributed by atoms with E-state index in [1.807, 2.05) is 24.3 Å². The average molecular weight is 268 g/mol. The number of hydrogen-bond donors (Lipinski definition) is 1. The highest BCUT2D eigenvalue weighted by Crippen LogP contribution is 2.34. The van der Waals surface area contributed by atoms with E-state index in [0.29, 0.717) is 15.7 Å². The molecule has 0 saturated heterocycles. The molecule has 2 rings (SSSR count). The van der Waals surface area contributed by atoms with Gasteiger partial charge in [-0.15, -0.1) is 0 Å². The van der Waals surface area contributed by atoms with Gasteiger partial charge in [0.25, 0.3) is 0 Å². The highest BCUT2D eigenvalue weighted by Gasteiger charge is 2.09. The number of methoxy groups -OCH3 is 1. The van der Waals surface area contributed by atoms with Crippen molar-refractivity contribution in [3.8, 4) is 6.01 Å². The van der Waals surface area contributed by atoms with Crippen LogP contribution < -0.4 is 10.5 Å². The third-order valence-corrected chi connectivity index (χ3v) is 3.48. The van der Waals surface area contributed by atoms with E-state index >= 15 is 0 Å². The Morgan fingerprint density at radius 1 is 1.35 bits per heavy atom. The smallest absolute Gasteiger partial charge is 0.317 e. The largest absolute Gasteiger partial charge is 0.467 e. The molecule has 1 heterocycles. The van der Waals surface area contributed by atoms with E-state index in [1.165, 1.54) is 25.1 Å². The first-order chi connectivity index (χ1) is 8.20. The maximum atomic E-state index is 6.01. The molecular formula is C11H10ClN3OS. The van der Waals surface area contributed by atoms with Gasteiger partial charge in [0.2, 0.25) is 0 Å². The Balaban J connectivity index is 2.32. The number of benzene rings is 1. The van der Waals surface area contributed by atoms with Crippen LogP contribution in [0.5, 0.6) is 6.01 Å². The number of nitrogen functional groups attached to an aromatic ring is 1. The van der Waals surface area contributed by atoms with Crippen LogP contribution in [0.1, 0.15) is 0 Å². The van der Waals surface area contributed by atoms with Crippen molar-refractivity contribution < 1.29 is 4.74 Å². The van der Waals surface area contributed by atoms with Crippen molar-refractivity contribution >= 4 is 29.1 Å². The molecule has 1 aromatic heterocycles. The number of hydrogen-bond acceptors (Lipinski definition) is 5. The van der Waals surface area contributed by atoms with Gasteiger partial charge in [-0.3, -0.25) is 0 Å². The summed E-state index contributed by atoms with van der Waals surface area (Å²) in [6, 6.07) is 7.80. The molecular weight excluding hydrogens is 258 g/mol. The van der Waals surface area contributed by atoms with Gasteiger partial charge in [0.05, 0.1) is 18.3 Å². The zero-order valence-corrected chi connectivity index (χ0v) is 10.6. The van der Waals surface area contributed by atoms with Gasteiger partial charge < -0.3 is 10.5 Å². The van der Waals surface area contributed by atoms with Crippen LogP contribution in [0.25, 0.3) is 0 Å². The van der Waals surface area contributed by atoms with E-state index in [2.05, 4.69) is 9.97 Å². The van der Waals surface area contributed by atoms with E-state index in [-0.39, 0.29) is 6.01 Å². The van der Waals surface area contributed by atoms with Gasteiger partial charge in [-0.2, -0.15) is 4.98 Å². The van der Waals surface area contributed by atoms with E-state index in [4.69, 9.17) is 22.1 Å². The lowest BCUT2D eigenvalue weighted by atomic mass is 10.3. The number of rotatable bonds is 3. The molecule has 0 spiro atoms. The van der Waals surface area contributed by atoms with Gasteiger partial charge in [0, 0.05) is 10.6 Å². The average Bonchev–Trinajstić information content (AvgIpc) is 2.35. The Kier molecular flexibility index (Phi) is 3.71. The lowest BCUT2D eigenvalue weighted by Crippen LogP contribution is -1.94. The summed E-state index contributed by atoms with van der Waals surface area (Å²) in [6.45, 7) is 0. The number of nitrogens with two attached hydrogens (primary N) is 1. The molecule has 0 saturated carbocycles. The Morgan fingerprint density at radius 2 is 2.12 bits per heavy atom. The number of ether oxygens (including phenoxy) is 1. The minimum absolute atomic E-state index is 0.284. The number of nitrogens with zero attached hydrogens (tertiary/aromatic N) is 2. The van der Waals surface area contributed by atoms with Crippen molar-refractivity contribution in [1.82, 2.24) is 9.97 Å². The van der Waals surface area contributed by atoms with Crippen LogP contribution in [0.15, 0.2) is 40.4 Å². The van der Waals surface area contributed by atoms with Gasteiger partial charge in [-0.05, 0) is 12.1 Å². The second-order valence-corrected chi connectivity index (χ2v) is 4.59. The van der Waals surface area contributed by atoms with Gasteiger partial charge in [0.1, 0.15) is 5.03 Å². The predicted molar refractivity (Wildman–Crippen MR) is 68.6 cm³/mol. The Labute approximate surface area is 108 Å². The standard InChI is InChI=1S/C11H10ClN3OS/c1-16-11-14-6-7(12)10(15-11)17-9-5-3-2-4-8(9)13/h2-6H,13H2,1H3. The molecule has 4 nitrogen and oxygen atoms in total. The first-order valence-corrected chi connectivity index (χ1v) is 5.99. The van der Waals surface area contributed by atoms with Gasteiger partial charge >= 0.3 is 6.01 Å². The van der Waals surface area contributed by atoms with E-state index < -0.39 is 0 Å². The molecule has 6 heteroatoms.